The number of rotatable bonds is 13. The van der Waals surface area contributed by atoms with Gasteiger partial charge in [0.25, 0.3) is 0 Å². The van der Waals surface area contributed by atoms with Crippen LogP contribution in [0, 0.1) is 92.1 Å². The normalized spacial score (nSPS) is 23.9. The van der Waals surface area contributed by atoms with E-state index >= 15 is 0 Å². The molecule has 8 atom stereocenters. The predicted molar refractivity (Wildman–Crippen MR) is 377 cm³/mol. The largest absolute Gasteiger partial charge is 0.402 e. The van der Waals surface area contributed by atoms with Gasteiger partial charge in [0, 0.05) is 25.1 Å². The lowest BCUT2D eigenvalue weighted by Crippen LogP contribution is -2.47. The van der Waals surface area contributed by atoms with Crippen LogP contribution in [-0.2, 0) is 0 Å². The van der Waals surface area contributed by atoms with E-state index in [9.17, 15) is 92.2 Å². The van der Waals surface area contributed by atoms with E-state index in [4.69, 9.17) is 6.85 Å². The Hall–Kier alpha value is -1.47. The Morgan fingerprint density at radius 1 is 0.480 bits per heavy atom. The summed E-state index contributed by atoms with van der Waals surface area (Å²) in [7, 11) is 0. The lowest BCUT2D eigenvalue weighted by Gasteiger charge is -2.36. The highest BCUT2D eigenvalue weighted by Crippen LogP contribution is 2.52. The van der Waals surface area contributed by atoms with Crippen LogP contribution in [-0.4, -0.2) is 55.6 Å². The number of alkyl halides is 21. The minimum atomic E-state index is -5.24. The fraction of sp³-hybridized carbons (Fsp3) is 1.00. The molecule has 21 heteroatoms. The summed E-state index contributed by atoms with van der Waals surface area (Å²) in [4.78, 5) is 0. The number of hydrogen-bond acceptors (Lipinski definition) is 0. The summed E-state index contributed by atoms with van der Waals surface area (Å²) in [5, 5.41) is 0. The van der Waals surface area contributed by atoms with Crippen molar-refractivity contribution in [3.05, 3.63) is 0 Å². The molecule has 0 radical (unpaired) electrons. The van der Waals surface area contributed by atoms with Gasteiger partial charge in [-0.25, -0.2) is 22.0 Å². The second-order valence-corrected chi connectivity index (χ2v) is 32.3. The zero-order valence-corrected chi connectivity index (χ0v) is 67.5. The van der Waals surface area contributed by atoms with Gasteiger partial charge in [-0.05, 0) is 136 Å². The van der Waals surface area contributed by atoms with Crippen LogP contribution in [0.1, 0.15) is 357 Å². The summed E-state index contributed by atoms with van der Waals surface area (Å²) in [6.07, 6.45) is -16.5. The zero-order valence-electron chi connectivity index (χ0n) is 72.5. The Bertz CT molecular complexity index is 1940. The van der Waals surface area contributed by atoms with Crippen LogP contribution in [0.4, 0.5) is 92.2 Å². The summed E-state index contributed by atoms with van der Waals surface area (Å²) >= 11 is 0. The summed E-state index contributed by atoms with van der Waals surface area (Å²) in [6, 6.07) is 0. The molecule has 0 aromatic rings. The van der Waals surface area contributed by atoms with E-state index in [1.54, 1.807) is 27.7 Å². The van der Waals surface area contributed by atoms with E-state index in [1.165, 1.54) is 73.6 Å². The lowest BCUT2D eigenvalue weighted by atomic mass is 9.75. The molecule has 0 aromatic heterocycles. The first-order chi connectivity index (χ1) is 44.9. The maximum absolute atomic E-state index is 12.5. The summed E-state index contributed by atoms with van der Waals surface area (Å²) in [5.74, 6) is -3.95. The van der Waals surface area contributed by atoms with E-state index in [1.807, 2.05) is 41.5 Å². The first-order valence-corrected chi connectivity index (χ1v) is 35.7. The van der Waals surface area contributed by atoms with Crippen LogP contribution in [0.25, 0.3) is 0 Å². The monoisotopic (exact) mass is 1480 g/mol. The van der Waals surface area contributed by atoms with E-state index in [0.717, 1.165) is 59.3 Å². The van der Waals surface area contributed by atoms with Crippen molar-refractivity contribution >= 4 is 0 Å². The van der Waals surface area contributed by atoms with Gasteiger partial charge in [0.1, 0.15) is 5.67 Å². The molecule has 98 heavy (non-hydrogen) atoms. The topological polar surface area (TPSA) is 0 Å². The van der Waals surface area contributed by atoms with Gasteiger partial charge in [-0.15, -0.1) is 0 Å². The molecule has 0 nitrogen and oxygen atoms in total. The third-order valence-corrected chi connectivity index (χ3v) is 17.7. The number of halogens is 21. The molecule has 606 valence electrons. The van der Waals surface area contributed by atoms with Crippen molar-refractivity contribution in [2.24, 2.45) is 92.1 Å². The van der Waals surface area contributed by atoms with Crippen LogP contribution in [0.3, 0.4) is 0 Å². The molecular weight excluding hydrogens is 1320 g/mol. The fourth-order valence-corrected chi connectivity index (χ4v) is 8.35. The van der Waals surface area contributed by atoms with Crippen molar-refractivity contribution < 1.29 is 99.1 Å². The van der Waals surface area contributed by atoms with Crippen molar-refractivity contribution in [2.45, 2.75) is 399 Å². The standard InChI is InChI=1S/C8H13F3.C8H16.C7H16.C6H8F6.2C6H11F3.2C6H12F2.C6H11F.C6H13F.2C6H14/c1-5-3-6(2)7(4-5)8(9,10)11;1-6-4-5-7(2)8(6)3;1-5-6-7(2,3)4;1-3-4(2,5(7,8)9)6(10,11)12;1-4-5(2,3)6(7,8)9;1-3-4-5(2)6(7,8)9;1-4-6(7,8)5(2)3;1-3-4-5(2)6(7)8;1-5-3-6(2,7)4-5;1-3-4-6(2)5-7;2*1-5-6(2,3)4/h5-7H,3-4H2,1-2H3;6-8H,4-5H2,1-3H3;5-6H2,1-4H3;3H2,1-2H3;4H2,1-3H3;5H,3-4H2,1-2H3;5H,4H2,1-3H3;5-6H,3-4H2,1-2H3;5H,3-4H2,1-2H3;6H,3-5H2,1-2H3;2*5H2,1-4H3/t5-,6?,7?;;;;;;;;;;;/m0.........../s1/i;8D;;;;3D2;;;;;5D2;. The third kappa shape index (κ3) is 65.3. The minimum Gasteiger partial charge on any atom is -0.251 e. The lowest BCUT2D eigenvalue weighted by molar-refractivity contribution is -0.335. The van der Waals surface area contributed by atoms with Crippen molar-refractivity contribution in [3.8, 4) is 0 Å². The molecule has 0 amide bonds. The van der Waals surface area contributed by atoms with Gasteiger partial charge in [-0.3, -0.25) is 4.39 Å². The Morgan fingerprint density at radius 3 is 0.918 bits per heavy atom. The molecular formula is C77H151F21. The maximum Gasteiger partial charge on any atom is 0.402 e. The first kappa shape index (κ1) is 103. The van der Waals surface area contributed by atoms with E-state index < -0.39 is 109 Å². The van der Waals surface area contributed by atoms with Gasteiger partial charge in [-0.1, -0.05) is 266 Å². The van der Waals surface area contributed by atoms with Crippen LogP contribution in [0.15, 0.2) is 0 Å². The van der Waals surface area contributed by atoms with Gasteiger partial charge in [-0.2, -0.15) is 65.9 Å². The summed E-state index contributed by atoms with van der Waals surface area (Å²) in [6.45, 7) is 58.1. The van der Waals surface area contributed by atoms with Gasteiger partial charge in [0.15, 0.2) is 5.41 Å². The van der Waals surface area contributed by atoms with Gasteiger partial charge in [0.05, 0.1) is 23.9 Å². The molecule has 0 saturated heterocycles. The molecule has 3 aliphatic rings. The molecule has 0 heterocycles. The Kier molecular flexibility index (Phi) is 56.0. The highest BCUT2D eigenvalue weighted by Gasteiger charge is 2.66. The van der Waals surface area contributed by atoms with Gasteiger partial charge < -0.3 is 0 Å². The second-order valence-electron chi connectivity index (χ2n) is 32.3. The van der Waals surface area contributed by atoms with E-state index in [0.29, 0.717) is 41.4 Å². The molecule has 3 fully saturated rings. The quantitative estimate of drug-likeness (QED) is 0.161. The molecule has 7 unspecified atom stereocenters. The van der Waals surface area contributed by atoms with Crippen LogP contribution >= 0.6 is 0 Å². The predicted octanol–water partition coefficient (Wildman–Crippen LogP) is 33.0. The van der Waals surface area contributed by atoms with Crippen molar-refractivity contribution in [1.29, 1.82) is 0 Å². The van der Waals surface area contributed by atoms with Crippen molar-refractivity contribution in [1.82, 2.24) is 0 Å². The third-order valence-electron chi connectivity index (χ3n) is 17.7. The Labute approximate surface area is 595 Å². The Morgan fingerprint density at radius 2 is 0.857 bits per heavy atom. The minimum absolute atomic E-state index is 0.0509. The molecule has 0 spiro atoms. The average molecular weight is 1480 g/mol. The van der Waals surface area contributed by atoms with Crippen LogP contribution in [0.5, 0.6) is 0 Å². The van der Waals surface area contributed by atoms with E-state index in [-0.39, 0.29) is 55.5 Å². The molecule has 0 aliphatic heterocycles. The number of hydrogen-bond donors (Lipinski definition) is 0. The Balaban J connectivity index is -0.000000134. The van der Waals surface area contributed by atoms with Gasteiger partial charge >= 0.3 is 30.9 Å². The maximum atomic E-state index is 12.5. The van der Waals surface area contributed by atoms with Crippen molar-refractivity contribution in [2.75, 3.05) is 6.67 Å². The molecule has 0 aromatic carbocycles. The fourth-order valence-electron chi connectivity index (χ4n) is 8.35. The molecule has 3 rings (SSSR count). The smallest absolute Gasteiger partial charge is 0.251 e. The zero-order chi connectivity index (χ0) is 85.6. The van der Waals surface area contributed by atoms with Crippen LogP contribution < -0.4 is 0 Å². The van der Waals surface area contributed by atoms with Gasteiger partial charge in [0.2, 0.25) is 12.3 Å². The SMILES string of the molecule is CC1CC(C)(F)C1.CC1C[C@H](C)CC1C(F)(F)F.CCC(C)(C(F)(F)F)C(F)(F)F.CCC(C)(C)C.CCC(C)(C)C(F)(F)F.CCC(F)(F)C(C)C.CCCC(C)(C)C.CCCC(C)C(F)F.CCCC(C)CF.[2H]C([2H])(C)C(C)(C)C.[2H]C([2H])(C)CC(C)C(F)(F)F.[2H]C1(C)C(C)CCC1C. The molecule has 0 N–H and O–H groups in total. The average Bonchev–Trinajstić information content (AvgIpc) is 1.57. The van der Waals surface area contributed by atoms with E-state index in [2.05, 4.69) is 90.0 Å². The van der Waals surface area contributed by atoms with Crippen molar-refractivity contribution in [3.63, 3.8) is 0 Å². The molecule has 3 aliphatic carbocycles. The molecule has 3 saturated carbocycles. The summed E-state index contributed by atoms with van der Waals surface area (Å²) in [5.41, 5.74) is -5.05. The summed E-state index contributed by atoms with van der Waals surface area (Å²) < 4.78 is 287. The van der Waals surface area contributed by atoms with Crippen LogP contribution in [0.2, 0.25) is 0 Å². The first-order valence-electron chi connectivity index (χ1n) is 38.2. The molecule has 0 bridgehead atoms. The second kappa shape index (κ2) is 53.3. The highest BCUT2D eigenvalue weighted by molar-refractivity contribution is 4.89. The highest BCUT2D eigenvalue weighted by atomic mass is 19.4.